The molecule has 1 N–H and O–H groups in total. The molecule has 0 aliphatic carbocycles. The summed E-state index contributed by atoms with van der Waals surface area (Å²) >= 11 is 0. The van der Waals surface area contributed by atoms with Crippen LogP contribution in [0.5, 0.6) is 0 Å². The average Bonchev–Trinajstić information content (AvgIpc) is 2.97. The summed E-state index contributed by atoms with van der Waals surface area (Å²) in [5.74, 6) is 0.460. The van der Waals surface area contributed by atoms with Crippen LogP contribution >= 0.6 is 24.0 Å². The van der Waals surface area contributed by atoms with E-state index in [9.17, 15) is 4.39 Å². The first-order valence-electron chi connectivity index (χ1n) is 7.52. The van der Waals surface area contributed by atoms with E-state index in [4.69, 9.17) is 0 Å². The summed E-state index contributed by atoms with van der Waals surface area (Å²) in [6.07, 6.45) is 2.59. The molecule has 0 amide bonds. The van der Waals surface area contributed by atoms with Gasteiger partial charge in [-0.2, -0.15) is 0 Å². The third-order valence-corrected chi connectivity index (χ3v) is 3.69. The van der Waals surface area contributed by atoms with Crippen LogP contribution in [0.15, 0.2) is 47.6 Å². The van der Waals surface area contributed by atoms with Crippen LogP contribution in [0.25, 0.3) is 0 Å². The highest BCUT2D eigenvalue weighted by Gasteiger charge is 2.22. The Morgan fingerprint density at radius 1 is 1.30 bits per heavy atom. The molecule has 0 spiro atoms. The molecule has 0 bridgehead atoms. The lowest BCUT2D eigenvalue weighted by Gasteiger charge is -2.22. The molecule has 0 atom stereocenters. The monoisotopic (exact) mass is 426 g/mol. The van der Waals surface area contributed by atoms with Crippen molar-refractivity contribution in [2.45, 2.75) is 19.9 Å². The van der Waals surface area contributed by atoms with E-state index in [1.807, 2.05) is 13.0 Å². The molecule has 4 nitrogen and oxygen atoms in total. The number of hydrogen-bond acceptors (Lipinski definition) is 2. The standard InChI is InChI=1S/C17H19FN4.HI/c1-2-19-17(21-12-15-14(18)7-5-10-20-15)22-11-9-13-6-3-4-8-16(13)22;/h3-8,10H,2,9,11-12H2,1H3,(H,19,21);1H. The molecule has 1 aromatic carbocycles. The minimum atomic E-state index is -0.316. The number of para-hydroxylation sites is 1. The molecule has 1 aliphatic rings. The maximum Gasteiger partial charge on any atom is 0.198 e. The van der Waals surface area contributed by atoms with Crippen molar-refractivity contribution < 1.29 is 4.39 Å². The summed E-state index contributed by atoms with van der Waals surface area (Å²) in [6, 6.07) is 11.3. The quantitative estimate of drug-likeness (QED) is 0.465. The molecule has 2 heterocycles. The number of aromatic nitrogens is 1. The highest BCUT2D eigenvalue weighted by molar-refractivity contribution is 14.0. The van der Waals surface area contributed by atoms with Gasteiger partial charge in [0.25, 0.3) is 0 Å². The zero-order valence-corrected chi connectivity index (χ0v) is 15.3. The van der Waals surface area contributed by atoms with Gasteiger partial charge in [0.05, 0.1) is 12.2 Å². The first kappa shape index (κ1) is 17.7. The molecule has 0 saturated carbocycles. The molecule has 3 rings (SSSR count). The second kappa shape index (κ2) is 8.24. The lowest BCUT2D eigenvalue weighted by atomic mass is 10.2. The van der Waals surface area contributed by atoms with Crippen LogP contribution in [0.2, 0.25) is 0 Å². The largest absolute Gasteiger partial charge is 0.356 e. The first-order chi connectivity index (χ1) is 10.8. The Hall–Kier alpha value is -1.70. The molecule has 0 radical (unpaired) electrons. The van der Waals surface area contributed by atoms with Crippen molar-refractivity contribution in [3.8, 4) is 0 Å². The fourth-order valence-electron chi connectivity index (χ4n) is 2.64. The van der Waals surface area contributed by atoms with E-state index in [-0.39, 0.29) is 36.3 Å². The Labute approximate surface area is 152 Å². The van der Waals surface area contributed by atoms with Gasteiger partial charge in [-0.05, 0) is 37.1 Å². The highest BCUT2D eigenvalue weighted by atomic mass is 127. The van der Waals surface area contributed by atoms with Crippen molar-refractivity contribution in [3.05, 3.63) is 59.7 Å². The van der Waals surface area contributed by atoms with Gasteiger partial charge in [-0.1, -0.05) is 18.2 Å². The molecule has 0 unspecified atom stereocenters. The van der Waals surface area contributed by atoms with Gasteiger partial charge in [-0.25, -0.2) is 9.38 Å². The van der Waals surface area contributed by atoms with E-state index >= 15 is 0 Å². The Bertz CT molecular complexity index is 690. The Kier molecular flexibility index (Phi) is 6.32. The average molecular weight is 426 g/mol. The number of halogens is 2. The number of hydrogen-bond donors (Lipinski definition) is 1. The number of pyridine rings is 1. The van der Waals surface area contributed by atoms with Gasteiger partial charge in [0, 0.05) is 25.0 Å². The van der Waals surface area contributed by atoms with Crippen molar-refractivity contribution in [2.75, 3.05) is 18.0 Å². The van der Waals surface area contributed by atoms with E-state index in [0.717, 1.165) is 25.5 Å². The number of guanidine groups is 1. The molecule has 1 aromatic heterocycles. The van der Waals surface area contributed by atoms with Crippen LogP contribution in [0.1, 0.15) is 18.2 Å². The van der Waals surface area contributed by atoms with E-state index in [1.165, 1.54) is 17.3 Å². The number of aliphatic imine (C=N–C) groups is 1. The molecule has 0 saturated heterocycles. The van der Waals surface area contributed by atoms with Gasteiger partial charge in [0.1, 0.15) is 5.82 Å². The minimum absolute atomic E-state index is 0. The summed E-state index contributed by atoms with van der Waals surface area (Å²) in [7, 11) is 0. The van der Waals surface area contributed by atoms with Crippen LogP contribution in [0.4, 0.5) is 10.1 Å². The molecular weight excluding hydrogens is 406 g/mol. The zero-order valence-electron chi connectivity index (χ0n) is 13.0. The molecule has 1 aliphatic heterocycles. The zero-order chi connectivity index (χ0) is 15.4. The number of benzene rings is 1. The van der Waals surface area contributed by atoms with Crippen LogP contribution in [-0.2, 0) is 13.0 Å². The third-order valence-electron chi connectivity index (χ3n) is 3.69. The molecule has 2 aromatic rings. The third kappa shape index (κ3) is 3.99. The predicted octanol–water partition coefficient (Wildman–Crippen LogP) is 3.37. The van der Waals surface area contributed by atoms with Crippen LogP contribution in [-0.4, -0.2) is 24.0 Å². The van der Waals surface area contributed by atoms with Crippen molar-refractivity contribution in [1.82, 2.24) is 10.3 Å². The number of anilines is 1. The van der Waals surface area contributed by atoms with Crippen LogP contribution < -0.4 is 10.2 Å². The van der Waals surface area contributed by atoms with Gasteiger partial charge in [-0.3, -0.25) is 4.98 Å². The van der Waals surface area contributed by atoms with Gasteiger partial charge < -0.3 is 10.2 Å². The fourth-order valence-corrected chi connectivity index (χ4v) is 2.64. The highest BCUT2D eigenvalue weighted by Crippen LogP contribution is 2.27. The second-order valence-electron chi connectivity index (χ2n) is 5.13. The number of nitrogens with zero attached hydrogens (tertiary/aromatic N) is 3. The summed E-state index contributed by atoms with van der Waals surface area (Å²) in [5.41, 5.74) is 2.85. The van der Waals surface area contributed by atoms with Gasteiger partial charge >= 0.3 is 0 Å². The van der Waals surface area contributed by atoms with Gasteiger partial charge in [0.15, 0.2) is 5.96 Å². The van der Waals surface area contributed by atoms with Gasteiger partial charge in [0.2, 0.25) is 0 Å². The topological polar surface area (TPSA) is 40.5 Å². The Morgan fingerprint density at radius 2 is 2.13 bits per heavy atom. The van der Waals surface area contributed by atoms with Crippen LogP contribution in [0, 0.1) is 5.82 Å². The molecule has 23 heavy (non-hydrogen) atoms. The SMILES string of the molecule is CCNC(=NCc1ncccc1F)N1CCc2ccccc21.I. The van der Waals surface area contributed by atoms with Crippen molar-refractivity contribution in [3.63, 3.8) is 0 Å². The van der Waals surface area contributed by atoms with Crippen molar-refractivity contribution in [2.24, 2.45) is 4.99 Å². The van der Waals surface area contributed by atoms with E-state index in [1.54, 1.807) is 12.3 Å². The lowest BCUT2D eigenvalue weighted by molar-refractivity contribution is 0.599. The van der Waals surface area contributed by atoms with Crippen molar-refractivity contribution in [1.29, 1.82) is 0 Å². The summed E-state index contributed by atoms with van der Waals surface area (Å²) in [4.78, 5) is 10.8. The van der Waals surface area contributed by atoms with Crippen molar-refractivity contribution >= 4 is 35.6 Å². The van der Waals surface area contributed by atoms with E-state index in [2.05, 4.69) is 38.4 Å². The summed E-state index contributed by atoms with van der Waals surface area (Å²) in [6.45, 7) is 3.91. The van der Waals surface area contributed by atoms with E-state index < -0.39 is 0 Å². The second-order valence-corrected chi connectivity index (χ2v) is 5.13. The molecule has 6 heteroatoms. The maximum absolute atomic E-state index is 13.7. The lowest BCUT2D eigenvalue weighted by Crippen LogP contribution is -2.40. The maximum atomic E-state index is 13.7. The Morgan fingerprint density at radius 3 is 2.91 bits per heavy atom. The van der Waals surface area contributed by atoms with E-state index in [0.29, 0.717) is 5.69 Å². The first-order valence-corrected chi connectivity index (χ1v) is 7.52. The Balaban J connectivity index is 0.00000192. The normalized spacial score (nSPS) is 13.5. The molecule has 122 valence electrons. The number of fused-ring (bicyclic) bond motifs is 1. The van der Waals surface area contributed by atoms with Gasteiger partial charge in [-0.15, -0.1) is 24.0 Å². The fraction of sp³-hybridized carbons (Fsp3) is 0.294. The minimum Gasteiger partial charge on any atom is -0.356 e. The van der Waals surface area contributed by atoms with Crippen LogP contribution in [0.3, 0.4) is 0 Å². The smallest absolute Gasteiger partial charge is 0.198 e. The number of rotatable bonds is 3. The molecular formula is C17H20FIN4. The number of nitrogens with one attached hydrogen (secondary N) is 1. The summed E-state index contributed by atoms with van der Waals surface area (Å²) < 4.78 is 13.7. The summed E-state index contributed by atoms with van der Waals surface area (Å²) in [5, 5.41) is 3.28. The predicted molar refractivity (Wildman–Crippen MR) is 102 cm³/mol. The molecule has 0 fully saturated rings.